The molecule has 2 aromatic heterocycles. The van der Waals surface area contributed by atoms with Gasteiger partial charge in [-0.1, -0.05) is 87.5 Å². The van der Waals surface area contributed by atoms with Gasteiger partial charge in [0.2, 0.25) is 23.6 Å². The highest BCUT2D eigenvalue weighted by atomic mass is 35.5. The third-order valence-corrected chi connectivity index (χ3v) is 18.1. The minimum Gasteiger partial charge on any atom is -0.508 e. The number of anilines is 1. The first-order valence-electron chi connectivity index (χ1n) is 29.3. The summed E-state index contributed by atoms with van der Waals surface area (Å²) in [6.07, 6.45) is 3.79. The zero-order chi connectivity index (χ0) is 59.2. The number of phenolic OH excluding ortho intramolecular Hbond substituents is 1. The van der Waals surface area contributed by atoms with Gasteiger partial charge in [-0.15, -0.1) is 11.3 Å². The average molecular weight is 1190 g/mol. The molecule has 446 valence electrons. The summed E-state index contributed by atoms with van der Waals surface area (Å²) in [4.78, 5) is 81.4. The largest absolute Gasteiger partial charge is 0.508 e. The van der Waals surface area contributed by atoms with Gasteiger partial charge in [-0.05, 0) is 96.7 Å². The van der Waals surface area contributed by atoms with Crippen molar-refractivity contribution in [1.29, 1.82) is 0 Å². The van der Waals surface area contributed by atoms with Crippen LogP contribution in [-0.4, -0.2) is 191 Å². The minimum absolute atomic E-state index is 0.0177. The van der Waals surface area contributed by atoms with E-state index < -0.39 is 23.3 Å². The second-order valence-corrected chi connectivity index (χ2v) is 24.8. The van der Waals surface area contributed by atoms with E-state index >= 15 is 4.39 Å². The number of aromatic hydroxyl groups is 1. The quantitative estimate of drug-likeness (QED) is 0.0521. The van der Waals surface area contributed by atoms with E-state index in [1.807, 2.05) is 93.6 Å². The van der Waals surface area contributed by atoms with Crippen LogP contribution in [0, 0.1) is 18.2 Å². The Morgan fingerprint density at radius 2 is 1.55 bits per heavy atom. The topological polar surface area (TPSA) is 189 Å². The molecule has 0 bridgehead atoms. The number of phenols is 1. The molecule has 21 heteroatoms. The Morgan fingerprint density at radius 1 is 0.857 bits per heavy atom. The number of thiazole rings is 1. The third-order valence-electron chi connectivity index (χ3n) is 16.8. The Labute approximate surface area is 499 Å². The fraction of sp³-hybridized carbons (Fsp3) is 0.476. The lowest BCUT2D eigenvalue weighted by molar-refractivity contribution is -0.144. The Bertz CT molecular complexity index is 3360. The van der Waals surface area contributed by atoms with Crippen LogP contribution < -0.4 is 20.3 Å². The fourth-order valence-corrected chi connectivity index (χ4v) is 13.1. The van der Waals surface area contributed by atoms with E-state index in [-0.39, 0.29) is 70.2 Å². The number of piperazine rings is 2. The summed E-state index contributed by atoms with van der Waals surface area (Å²) in [6.45, 7) is 23.0. The Balaban J connectivity index is 0.664. The molecule has 4 saturated heterocycles. The first-order chi connectivity index (χ1) is 40.4. The lowest BCUT2D eigenvalue weighted by Gasteiger charge is -2.37. The average Bonchev–Trinajstić information content (AvgIpc) is 1.31. The van der Waals surface area contributed by atoms with Crippen LogP contribution in [0.2, 0.25) is 5.02 Å². The van der Waals surface area contributed by atoms with Gasteiger partial charge in [0, 0.05) is 96.0 Å². The summed E-state index contributed by atoms with van der Waals surface area (Å²) in [7, 11) is 0. The van der Waals surface area contributed by atoms with Gasteiger partial charge >= 0.3 is 6.01 Å². The first-order valence-corrected chi connectivity index (χ1v) is 30.6. The summed E-state index contributed by atoms with van der Waals surface area (Å²) in [5.74, 6) is -0.984. The van der Waals surface area contributed by atoms with Crippen LogP contribution in [0.25, 0.3) is 43.2 Å². The molecule has 0 aliphatic carbocycles. The van der Waals surface area contributed by atoms with E-state index in [0.29, 0.717) is 101 Å². The maximum atomic E-state index is 17.2. The second-order valence-electron chi connectivity index (χ2n) is 23.6. The van der Waals surface area contributed by atoms with Crippen molar-refractivity contribution in [1.82, 2.24) is 50.1 Å². The summed E-state index contributed by atoms with van der Waals surface area (Å²) in [6, 6.07) is 18.8. The minimum atomic E-state index is -0.797. The Morgan fingerprint density at radius 3 is 2.23 bits per heavy atom. The molecule has 18 nitrogen and oxygen atoms in total. The lowest BCUT2D eigenvalue weighted by atomic mass is 9.85. The third kappa shape index (κ3) is 14.0. The van der Waals surface area contributed by atoms with Crippen LogP contribution in [0.1, 0.15) is 70.7 Å². The summed E-state index contributed by atoms with van der Waals surface area (Å²) < 4.78 is 29.8. The molecule has 0 unspecified atom stereocenters. The molecular formula is C63H77ClFN11O7S. The number of halogens is 2. The molecule has 0 spiro atoms. The number of aryl methyl sites for hydroxylation is 1. The van der Waals surface area contributed by atoms with Gasteiger partial charge in [0.05, 0.1) is 46.9 Å². The first kappa shape index (κ1) is 60.3. The zero-order valence-corrected chi connectivity index (χ0v) is 50.3. The van der Waals surface area contributed by atoms with Crippen molar-refractivity contribution in [2.45, 2.75) is 84.5 Å². The number of rotatable bonds is 19. The van der Waals surface area contributed by atoms with E-state index in [4.69, 9.17) is 31.0 Å². The molecule has 4 aromatic carbocycles. The highest BCUT2D eigenvalue weighted by molar-refractivity contribution is 7.13. The highest BCUT2D eigenvalue weighted by Crippen LogP contribution is 2.43. The summed E-state index contributed by atoms with van der Waals surface area (Å²) >= 11 is 8.55. The van der Waals surface area contributed by atoms with Crippen molar-refractivity contribution >= 4 is 74.1 Å². The van der Waals surface area contributed by atoms with Gasteiger partial charge < -0.3 is 44.8 Å². The van der Waals surface area contributed by atoms with Crippen LogP contribution in [0.5, 0.6) is 11.8 Å². The maximum absolute atomic E-state index is 17.2. The maximum Gasteiger partial charge on any atom is 0.319 e. The molecule has 4 aliphatic heterocycles. The molecule has 0 saturated carbocycles. The van der Waals surface area contributed by atoms with Crippen LogP contribution in [0.3, 0.4) is 0 Å². The Hall–Kier alpha value is -6.81. The normalized spacial score (nSPS) is 18.5. The fourth-order valence-electron chi connectivity index (χ4n) is 12.0. The number of carbonyl (C=O) groups is 4. The van der Waals surface area contributed by atoms with Gasteiger partial charge in [0.15, 0.2) is 5.82 Å². The number of benzene rings is 4. The van der Waals surface area contributed by atoms with Crippen molar-refractivity contribution in [3.05, 3.63) is 107 Å². The van der Waals surface area contributed by atoms with Crippen molar-refractivity contribution < 1.29 is 38.1 Å². The van der Waals surface area contributed by atoms with E-state index in [1.54, 1.807) is 33.3 Å². The number of nitrogens with one attached hydrogen (secondary N) is 2. The number of amides is 4. The van der Waals surface area contributed by atoms with E-state index in [1.165, 1.54) is 12.1 Å². The zero-order valence-electron chi connectivity index (χ0n) is 48.7. The number of nitrogens with zero attached hydrogens (tertiary/aromatic N) is 9. The molecule has 3 N–H and O–H groups in total. The van der Waals surface area contributed by atoms with Crippen LogP contribution in [-0.2, 0) is 23.9 Å². The molecular weight excluding hydrogens is 1110 g/mol. The molecule has 4 fully saturated rings. The predicted molar refractivity (Wildman–Crippen MR) is 327 cm³/mol. The number of hydrogen-bond donors (Lipinski definition) is 3. The predicted octanol–water partition coefficient (Wildman–Crippen LogP) is 8.09. The van der Waals surface area contributed by atoms with Crippen LogP contribution in [0.15, 0.2) is 84.9 Å². The summed E-state index contributed by atoms with van der Waals surface area (Å²) in [5.41, 5.74) is 4.91. The van der Waals surface area contributed by atoms with E-state index in [0.717, 1.165) is 71.7 Å². The number of piperidine rings is 1. The molecule has 84 heavy (non-hydrogen) atoms. The smallest absolute Gasteiger partial charge is 0.319 e. The monoisotopic (exact) mass is 1190 g/mol. The lowest BCUT2D eigenvalue weighted by Crippen LogP contribution is -2.59. The number of likely N-dealkylation sites (tertiary alicyclic amines) is 2. The SMILES string of the molecule is C=CC(=O)N1CCN(c2nc(OC3CCN(CCOCCN4CCN(CC(=O)N[C@H](C(=O)N5CCC[C@H]5C(=O)N[C@@H](C)c5ccc(-c6scnc6C)cc5)C(C)(C)C)CC4)CC3)nc3c(F)c(-c4cc(O)cc5ccccc45)c(Cl)cc23)CC1. The molecule has 4 amide bonds. The molecule has 6 aromatic rings. The summed E-state index contributed by atoms with van der Waals surface area (Å²) in [5, 5.41) is 18.9. The van der Waals surface area contributed by atoms with Gasteiger partial charge in [-0.3, -0.25) is 29.0 Å². The van der Waals surface area contributed by atoms with Crippen molar-refractivity contribution in [3.8, 4) is 33.3 Å². The van der Waals surface area contributed by atoms with Gasteiger partial charge in [-0.25, -0.2) is 9.37 Å². The molecule has 6 heterocycles. The van der Waals surface area contributed by atoms with Gasteiger partial charge in [-0.2, -0.15) is 9.97 Å². The van der Waals surface area contributed by atoms with Gasteiger partial charge in [0.1, 0.15) is 35.3 Å². The van der Waals surface area contributed by atoms with Crippen molar-refractivity contribution in [2.75, 3.05) is 110 Å². The van der Waals surface area contributed by atoms with E-state index in [2.05, 4.69) is 36.9 Å². The number of hydrogen-bond acceptors (Lipinski definition) is 15. The highest BCUT2D eigenvalue weighted by Gasteiger charge is 2.42. The van der Waals surface area contributed by atoms with E-state index in [9.17, 15) is 24.3 Å². The van der Waals surface area contributed by atoms with Crippen LogP contribution in [0.4, 0.5) is 10.2 Å². The van der Waals surface area contributed by atoms with Crippen molar-refractivity contribution in [3.63, 3.8) is 0 Å². The van der Waals surface area contributed by atoms with Crippen LogP contribution >= 0.6 is 22.9 Å². The molecule has 10 rings (SSSR count). The number of ether oxygens (including phenoxy) is 2. The number of carbonyl (C=O) groups excluding carboxylic acids is 4. The number of fused-ring (bicyclic) bond motifs is 2. The standard InChI is InChI=1S/C63H77ClFN11O7S/c1-7-53(79)74-27-29-75(30-28-74)59-49-37-50(64)54(48-36-45(77)35-44-11-8-9-12-47(44)48)55(65)56(49)69-62(70-59)83-46-18-21-71(22-19-46)31-33-82-34-32-72-23-25-73(26-24-72)38-52(78)68-58(63(4,5)6)61(81)76-20-10-13-51(76)60(80)67-40(2)42-14-16-43(17-15-42)57-41(3)66-39-84-57/h7-9,11-12,14-17,35-37,39-40,46,51,58,77H,1,10,13,18-34,38H2,2-6H3,(H,67,80)(H,68,78)/t40-,51-,58+/m0/s1. The Kier molecular flexibility index (Phi) is 19.1. The molecule has 3 atom stereocenters. The van der Waals surface area contributed by atoms with Gasteiger partial charge in [0.25, 0.3) is 0 Å². The number of aromatic nitrogens is 3. The van der Waals surface area contributed by atoms with Crippen molar-refractivity contribution in [2.24, 2.45) is 5.41 Å². The molecule has 4 aliphatic rings. The molecule has 0 radical (unpaired) electrons. The second kappa shape index (κ2) is 26.6.